The Balaban J connectivity index is 3.08. The van der Waals surface area contributed by atoms with Crippen molar-refractivity contribution in [3.63, 3.8) is 0 Å². The van der Waals surface area contributed by atoms with Gasteiger partial charge in [-0.1, -0.05) is 120 Å². The van der Waals surface area contributed by atoms with Crippen molar-refractivity contribution in [3.05, 3.63) is 66.6 Å². The number of rotatable bonds is 10. The van der Waals surface area contributed by atoms with Gasteiger partial charge in [-0.05, 0) is 45.4 Å². The summed E-state index contributed by atoms with van der Waals surface area (Å²) in [7, 11) is -2.65. The van der Waals surface area contributed by atoms with E-state index in [0.29, 0.717) is 33.2 Å². The Bertz CT molecular complexity index is 1200. The summed E-state index contributed by atoms with van der Waals surface area (Å²) < 4.78 is 19.3. The topological polar surface area (TPSA) is 27.7 Å². The average molecular weight is 617 g/mol. The molecule has 1 saturated heterocycles. The number of hydrogen-bond acceptors (Lipinski definition) is 3. The molecule has 1 aliphatic rings. The fraction of sp³-hybridized carbons (Fsp3) is 0.579. The SMILES string of the molecule is C=C=C[C@]1(C#C[Si](C(C)C)(C(C)C)C(C)C)OC(c2ccc(OC)cc2)O[C@@]1(C#C[Si](C(C)C)(C(C)C)C(C)C)C=C=C. The summed E-state index contributed by atoms with van der Waals surface area (Å²) in [6, 6.07) is 7.75. The van der Waals surface area contributed by atoms with Gasteiger partial charge in [-0.15, -0.1) is 22.5 Å². The second kappa shape index (κ2) is 14.5. The van der Waals surface area contributed by atoms with Crippen LogP contribution in [0.4, 0.5) is 0 Å². The molecule has 0 aromatic heterocycles. The lowest BCUT2D eigenvalue weighted by Gasteiger charge is -2.39. The number of benzene rings is 1. The van der Waals surface area contributed by atoms with Gasteiger partial charge in [-0.2, -0.15) is 0 Å². The van der Waals surface area contributed by atoms with Crippen LogP contribution in [0.25, 0.3) is 0 Å². The van der Waals surface area contributed by atoms with Crippen LogP contribution in [0, 0.1) is 22.9 Å². The molecule has 3 nitrogen and oxygen atoms in total. The van der Waals surface area contributed by atoms with E-state index in [9.17, 15) is 0 Å². The Labute approximate surface area is 265 Å². The van der Waals surface area contributed by atoms with Crippen LogP contribution >= 0.6 is 0 Å². The minimum Gasteiger partial charge on any atom is -0.497 e. The number of hydrogen-bond donors (Lipinski definition) is 0. The summed E-state index contributed by atoms with van der Waals surface area (Å²) in [6.07, 6.45) is 2.90. The first-order valence-electron chi connectivity index (χ1n) is 15.9. The molecule has 2 atom stereocenters. The third kappa shape index (κ3) is 6.80. The van der Waals surface area contributed by atoms with Gasteiger partial charge in [0, 0.05) is 17.7 Å². The zero-order chi connectivity index (χ0) is 32.8. The lowest BCUT2D eigenvalue weighted by atomic mass is 9.83. The Kier molecular flexibility index (Phi) is 12.4. The maximum atomic E-state index is 6.94. The molecule has 5 heteroatoms. The Morgan fingerprint density at radius 2 is 0.977 bits per heavy atom. The highest BCUT2D eigenvalue weighted by atomic mass is 28.3. The van der Waals surface area contributed by atoms with Crippen LogP contribution in [0.3, 0.4) is 0 Å². The standard InChI is InChI=1S/C38H56O3Si2/c1-16-22-37(24-26-42(28(3)4,29(5)6)30(7)8)38(23-17-2,25-27-43(31(9)10,32(11)12)33(13)14)41-36(40-37)34-18-20-35(39-15)21-19-34/h18-23,28-33,36H,1-2H2,3-15H3/t37-,38-/m1/s1. The third-order valence-corrected chi connectivity index (χ3v) is 22.4. The molecule has 1 aromatic carbocycles. The minimum absolute atomic E-state index is 0.447. The van der Waals surface area contributed by atoms with Crippen LogP contribution in [0.5, 0.6) is 5.75 Å². The molecule has 0 unspecified atom stereocenters. The Morgan fingerprint density at radius 3 is 1.23 bits per heavy atom. The van der Waals surface area contributed by atoms with Crippen molar-refractivity contribution in [1.82, 2.24) is 0 Å². The second-order valence-corrected chi connectivity index (χ2v) is 25.0. The van der Waals surface area contributed by atoms with Gasteiger partial charge in [-0.25, -0.2) is 0 Å². The van der Waals surface area contributed by atoms with Crippen molar-refractivity contribution >= 4 is 16.1 Å². The van der Waals surface area contributed by atoms with Crippen molar-refractivity contribution in [2.75, 3.05) is 7.11 Å². The Morgan fingerprint density at radius 1 is 0.651 bits per heavy atom. The van der Waals surface area contributed by atoms with Crippen LogP contribution in [-0.4, -0.2) is 34.5 Å². The summed E-state index contributed by atoms with van der Waals surface area (Å²) in [5, 5.41) is 0. The normalized spacial score (nSPS) is 22.3. The largest absolute Gasteiger partial charge is 0.497 e. The lowest BCUT2D eigenvalue weighted by Crippen LogP contribution is -2.50. The van der Waals surface area contributed by atoms with E-state index in [0.717, 1.165) is 11.3 Å². The third-order valence-electron chi connectivity index (χ3n) is 9.80. The minimum atomic E-state index is -2.15. The van der Waals surface area contributed by atoms with Gasteiger partial charge in [0.2, 0.25) is 11.2 Å². The summed E-state index contributed by atoms with van der Waals surface area (Å²) in [4.78, 5) is 0. The maximum absolute atomic E-state index is 6.94. The molecule has 1 aliphatic heterocycles. The van der Waals surface area contributed by atoms with Gasteiger partial charge >= 0.3 is 0 Å². The molecule has 0 N–H and O–H groups in total. The summed E-state index contributed by atoms with van der Waals surface area (Å²) in [6.45, 7) is 35.7. The van der Waals surface area contributed by atoms with Crippen molar-refractivity contribution in [1.29, 1.82) is 0 Å². The van der Waals surface area contributed by atoms with E-state index < -0.39 is 33.6 Å². The molecule has 1 heterocycles. The van der Waals surface area contributed by atoms with Crippen LogP contribution in [0.1, 0.15) is 94.9 Å². The van der Waals surface area contributed by atoms with Gasteiger partial charge < -0.3 is 14.2 Å². The highest BCUT2D eigenvalue weighted by Gasteiger charge is 2.59. The predicted molar refractivity (Wildman–Crippen MR) is 188 cm³/mol. The van der Waals surface area contributed by atoms with E-state index in [1.54, 1.807) is 7.11 Å². The summed E-state index contributed by atoms with van der Waals surface area (Å²) >= 11 is 0. The molecule has 0 amide bonds. The quantitative estimate of drug-likeness (QED) is 0.149. The van der Waals surface area contributed by atoms with E-state index in [2.05, 4.69) is 131 Å². The van der Waals surface area contributed by atoms with Crippen LogP contribution in [-0.2, 0) is 9.47 Å². The van der Waals surface area contributed by atoms with Gasteiger partial charge in [0.25, 0.3) is 0 Å². The molecule has 0 bridgehead atoms. The molecule has 0 spiro atoms. The van der Waals surface area contributed by atoms with Gasteiger partial charge in [-0.3, -0.25) is 0 Å². The van der Waals surface area contributed by atoms with E-state index in [1.807, 2.05) is 36.4 Å². The van der Waals surface area contributed by atoms with Gasteiger partial charge in [0.15, 0.2) is 6.29 Å². The molecular formula is C38H56O3Si2. The van der Waals surface area contributed by atoms with E-state index in [4.69, 9.17) is 14.2 Å². The van der Waals surface area contributed by atoms with E-state index in [-0.39, 0.29) is 0 Å². The first kappa shape index (κ1) is 36.7. The molecule has 0 saturated carbocycles. The van der Waals surface area contributed by atoms with Gasteiger partial charge in [0.05, 0.1) is 7.11 Å². The molecule has 1 fully saturated rings. The molecular weight excluding hydrogens is 561 g/mol. The van der Waals surface area contributed by atoms with Crippen LogP contribution in [0.15, 0.2) is 61.0 Å². The molecule has 0 aliphatic carbocycles. The van der Waals surface area contributed by atoms with Crippen molar-refractivity contribution in [2.45, 2.75) is 134 Å². The second-order valence-electron chi connectivity index (χ2n) is 13.8. The number of methoxy groups -OCH3 is 1. The summed E-state index contributed by atoms with van der Waals surface area (Å²) in [5.41, 5.74) is 14.9. The summed E-state index contributed by atoms with van der Waals surface area (Å²) in [5.74, 6) is 8.16. The van der Waals surface area contributed by atoms with E-state index in [1.165, 1.54) is 0 Å². The zero-order valence-electron chi connectivity index (χ0n) is 29.1. The fourth-order valence-corrected chi connectivity index (χ4v) is 18.1. The Hall–Kier alpha value is -2.47. The molecule has 43 heavy (non-hydrogen) atoms. The van der Waals surface area contributed by atoms with Crippen molar-refractivity contribution in [3.8, 4) is 28.7 Å². The van der Waals surface area contributed by atoms with Crippen LogP contribution in [0.2, 0.25) is 33.2 Å². The molecule has 2 rings (SSSR count). The molecule has 234 valence electrons. The predicted octanol–water partition coefficient (Wildman–Crippen LogP) is 10.3. The van der Waals surface area contributed by atoms with Gasteiger partial charge in [0.1, 0.15) is 21.9 Å². The fourth-order valence-electron chi connectivity index (χ4n) is 7.59. The maximum Gasteiger partial charge on any atom is 0.201 e. The first-order chi connectivity index (χ1) is 20.1. The van der Waals surface area contributed by atoms with Crippen LogP contribution < -0.4 is 4.74 Å². The highest BCUT2D eigenvalue weighted by molar-refractivity contribution is 6.91. The monoisotopic (exact) mass is 616 g/mol. The zero-order valence-corrected chi connectivity index (χ0v) is 31.1. The first-order valence-corrected chi connectivity index (χ1v) is 20.3. The molecule has 1 aromatic rings. The number of ether oxygens (including phenoxy) is 3. The highest BCUT2D eigenvalue weighted by Crippen LogP contribution is 2.49. The van der Waals surface area contributed by atoms with E-state index >= 15 is 0 Å². The molecule has 0 radical (unpaired) electrons. The van der Waals surface area contributed by atoms with Crippen molar-refractivity contribution in [2.24, 2.45) is 0 Å². The average Bonchev–Trinajstić information content (AvgIpc) is 3.22. The lowest BCUT2D eigenvalue weighted by molar-refractivity contribution is -0.0748. The smallest absolute Gasteiger partial charge is 0.201 e. The van der Waals surface area contributed by atoms with Crippen molar-refractivity contribution < 1.29 is 14.2 Å².